The third-order valence-electron chi connectivity index (χ3n) is 12.6. The number of benzene rings is 2. The van der Waals surface area contributed by atoms with Crippen molar-refractivity contribution < 1.29 is 19.1 Å². The molecule has 1 saturated heterocycles. The number of amides is 2. The fourth-order valence-electron chi connectivity index (χ4n) is 9.46. The molecule has 2 N–H and O–H groups in total. The van der Waals surface area contributed by atoms with Crippen molar-refractivity contribution >= 4 is 17.5 Å². The van der Waals surface area contributed by atoms with Crippen molar-refractivity contribution in [2.75, 3.05) is 66.5 Å². The Hall–Kier alpha value is -3.66. The minimum Gasteiger partial charge on any atom is -0.496 e. The van der Waals surface area contributed by atoms with Gasteiger partial charge in [0.15, 0.2) is 0 Å². The van der Waals surface area contributed by atoms with Crippen LogP contribution in [0, 0.1) is 29.1 Å². The number of anilines is 1. The van der Waals surface area contributed by atoms with E-state index in [1.165, 1.54) is 12.0 Å². The van der Waals surface area contributed by atoms with Crippen LogP contribution in [0.2, 0.25) is 0 Å². The molecule has 9 heteroatoms. The van der Waals surface area contributed by atoms with E-state index in [-0.39, 0.29) is 29.9 Å². The fourth-order valence-corrected chi connectivity index (χ4v) is 9.46. The second kappa shape index (κ2) is 16.4. The van der Waals surface area contributed by atoms with Gasteiger partial charge in [-0.3, -0.25) is 14.5 Å². The highest BCUT2D eigenvalue weighted by atomic mass is 16.5. The zero-order chi connectivity index (χ0) is 38.0. The van der Waals surface area contributed by atoms with E-state index < -0.39 is 0 Å². The van der Waals surface area contributed by atoms with Crippen molar-refractivity contribution in [1.82, 2.24) is 20.4 Å². The van der Waals surface area contributed by atoms with Crippen molar-refractivity contribution in [1.29, 1.82) is 0 Å². The van der Waals surface area contributed by atoms with E-state index in [1.807, 2.05) is 51.3 Å². The van der Waals surface area contributed by atoms with Crippen LogP contribution in [-0.2, 0) is 16.1 Å². The molecule has 0 radical (unpaired) electrons. The number of para-hydroxylation sites is 1. The lowest BCUT2D eigenvalue weighted by atomic mass is 9.45. The quantitative estimate of drug-likeness (QED) is 0.248. The van der Waals surface area contributed by atoms with Gasteiger partial charge >= 0.3 is 0 Å². The summed E-state index contributed by atoms with van der Waals surface area (Å²) in [6, 6.07) is 12.0. The second-order valence-electron chi connectivity index (χ2n) is 17.3. The number of ether oxygens (including phenoxy) is 2. The number of rotatable bonds is 13. The van der Waals surface area contributed by atoms with E-state index in [1.54, 1.807) is 7.11 Å². The Labute approximate surface area is 318 Å². The first-order chi connectivity index (χ1) is 25.2. The number of carbonyl (C=O) groups excluding carboxylic acids is 2. The molecule has 53 heavy (non-hydrogen) atoms. The molecule has 9 nitrogen and oxygen atoms in total. The average molecular weight is 726 g/mol. The zero-order valence-electron chi connectivity index (χ0n) is 33.6. The summed E-state index contributed by atoms with van der Waals surface area (Å²) >= 11 is 0. The van der Waals surface area contributed by atoms with Crippen LogP contribution in [0.4, 0.5) is 5.69 Å². The van der Waals surface area contributed by atoms with Crippen LogP contribution in [0.15, 0.2) is 60.2 Å². The number of allylic oxidation sites excluding steroid dienone is 3. The Bertz CT molecular complexity index is 1700. The minimum atomic E-state index is -0.374. The monoisotopic (exact) mass is 725 g/mol. The maximum Gasteiger partial charge on any atom is 0.251 e. The topological polar surface area (TPSA) is 86.4 Å². The molecular formula is C44H63N5O4. The number of hydrogen-bond donors (Lipinski definition) is 2. The van der Waals surface area contributed by atoms with Gasteiger partial charge < -0.3 is 29.9 Å². The predicted molar refractivity (Wildman–Crippen MR) is 214 cm³/mol. The molecule has 5 aliphatic rings. The lowest BCUT2D eigenvalue weighted by Gasteiger charge is -2.62. The zero-order valence-corrected chi connectivity index (χ0v) is 33.6. The first kappa shape index (κ1) is 39.0. The molecule has 0 spiro atoms. The second-order valence-corrected chi connectivity index (χ2v) is 17.3. The number of hydrogen-bond acceptors (Lipinski definition) is 7. The summed E-state index contributed by atoms with van der Waals surface area (Å²) in [5.41, 5.74) is 5.98. The minimum absolute atomic E-state index is 0.0412. The van der Waals surface area contributed by atoms with Crippen molar-refractivity contribution in [3.05, 3.63) is 71.3 Å². The lowest BCUT2D eigenvalue weighted by molar-refractivity contribution is -0.142. The summed E-state index contributed by atoms with van der Waals surface area (Å²) in [7, 11) is 9.78. The Morgan fingerprint density at radius 1 is 1.09 bits per heavy atom. The van der Waals surface area contributed by atoms with E-state index >= 15 is 0 Å². The normalized spacial score (nSPS) is 27.0. The van der Waals surface area contributed by atoms with Crippen molar-refractivity contribution in [2.24, 2.45) is 29.1 Å². The molecule has 3 saturated carbocycles. The van der Waals surface area contributed by atoms with Gasteiger partial charge in [0.2, 0.25) is 5.91 Å². The largest absolute Gasteiger partial charge is 0.496 e. The van der Waals surface area contributed by atoms with Gasteiger partial charge in [-0.05, 0) is 98.2 Å². The van der Waals surface area contributed by atoms with Gasteiger partial charge in [0.25, 0.3) is 5.91 Å². The first-order valence-electron chi connectivity index (χ1n) is 19.7. The molecule has 2 aromatic rings. The number of morpholine rings is 1. The number of carbonyl (C=O) groups is 2. The first-order valence-corrected chi connectivity index (χ1v) is 19.7. The van der Waals surface area contributed by atoms with E-state index in [0.29, 0.717) is 61.0 Å². The molecule has 2 aromatic carbocycles. The van der Waals surface area contributed by atoms with E-state index in [4.69, 9.17) is 9.47 Å². The number of likely N-dealkylation sites (N-methyl/N-ethyl adjacent to an activating group) is 1. The van der Waals surface area contributed by atoms with Crippen LogP contribution in [-0.4, -0.2) is 101 Å². The highest BCUT2D eigenvalue weighted by molar-refractivity contribution is 5.97. The maximum absolute atomic E-state index is 14.0. The number of nitrogens with one attached hydrogen (secondary N) is 2. The van der Waals surface area contributed by atoms with Crippen LogP contribution in [0.3, 0.4) is 0 Å². The number of nitrogens with zero attached hydrogens (tertiary/aromatic N) is 3. The summed E-state index contributed by atoms with van der Waals surface area (Å²) in [5, 5.41) is 6.82. The SMILES string of the molecule is COc1c(CN2CCOC[C@H]2C(=O)N[C@H]2C[C@H]3C[C@@H]([C@@H]2C)C3(C)C)cccc1-c1cc(C(=O)NC(CC2=CC(C)CC=C2)CN(C)C)cc(N(C)C)c1. The van der Waals surface area contributed by atoms with Gasteiger partial charge in [-0.2, -0.15) is 0 Å². The Balaban J connectivity index is 1.22. The van der Waals surface area contributed by atoms with Crippen LogP contribution >= 0.6 is 0 Å². The number of fused-ring (bicyclic) bond motifs is 2. The van der Waals surface area contributed by atoms with E-state index in [0.717, 1.165) is 53.9 Å². The Kier molecular flexibility index (Phi) is 12.1. The summed E-state index contributed by atoms with van der Waals surface area (Å²) < 4.78 is 12.0. The molecule has 4 fully saturated rings. The van der Waals surface area contributed by atoms with E-state index in [9.17, 15) is 9.59 Å². The highest BCUT2D eigenvalue weighted by Crippen LogP contribution is 2.61. The van der Waals surface area contributed by atoms with Gasteiger partial charge in [0.1, 0.15) is 11.8 Å². The Morgan fingerprint density at radius 2 is 1.89 bits per heavy atom. The van der Waals surface area contributed by atoms with Gasteiger partial charge in [0, 0.05) is 68.2 Å². The van der Waals surface area contributed by atoms with E-state index in [2.05, 4.69) is 84.6 Å². The summed E-state index contributed by atoms with van der Waals surface area (Å²) in [4.78, 5) is 34.3. The molecule has 7 rings (SSSR count). The van der Waals surface area contributed by atoms with Gasteiger partial charge in [0.05, 0.1) is 20.3 Å². The molecular weight excluding hydrogens is 663 g/mol. The standard InChI is InChI=1S/C44H63N5O4/c1-28-12-10-13-30(18-28)19-35(26-47(5)6)45-42(50)33-20-32(21-36(22-33)48(7)8)37-15-11-14-31(41(37)52-9)25-49-16-17-53-27-40(49)43(51)46-39-24-34-23-38(29(39)2)44(34,3)4/h10-11,13-15,18,20-22,28-29,34-35,38-40H,12,16-17,19,23-27H2,1-9H3,(H,45,50)(H,46,51)/t28?,29-,34+,35?,38-,39-,40-/m0/s1. The van der Waals surface area contributed by atoms with Gasteiger partial charge in [-0.15, -0.1) is 0 Å². The number of methoxy groups -OCH3 is 1. The third kappa shape index (κ3) is 8.68. The average Bonchev–Trinajstić information content (AvgIpc) is 3.11. The summed E-state index contributed by atoms with van der Waals surface area (Å²) in [6.45, 7) is 12.2. The van der Waals surface area contributed by atoms with Gasteiger partial charge in [-0.25, -0.2) is 0 Å². The molecule has 1 aliphatic heterocycles. The predicted octanol–water partition coefficient (Wildman–Crippen LogP) is 6.39. The molecule has 7 atom stereocenters. The molecule has 2 unspecified atom stereocenters. The summed E-state index contributed by atoms with van der Waals surface area (Å²) in [5.74, 6) is 3.02. The van der Waals surface area contributed by atoms with Crippen LogP contribution in [0.25, 0.3) is 11.1 Å². The van der Waals surface area contributed by atoms with Crippen molar-refractivity contribution in [3.63, 3.8) is 0 Å². The summed E-state index contributed by atoms with van der Waals surface area (Å²) in [6.07, 6.45) is 10.9. The molecule has 2 amide bonds. The molecule has 0 aromatic heterocycles. The van der Waals surface area contributed by atoms with Gasteiger partial charge in [-0.1, -0.05) is 64.1 Å². The maximum atomic E-state index is 14.0. The van der Waals surface area contributed by atoms with Crippen LogP contribution in [0.5, 0.6) is 5.75 Å². The smallest absolute Gasteiger partial charge is 0.251 e. The highest BCUT2D eigenvalue weighted by Gasteiger charge is 2.56. The molecule has 2 bridgehead atoms. The fraction of sp³-hybridized carbons (Fsp3) is 0.591. The lowest BCUT2D eigenvalue weighted by Crippen LogP contribution is -2.63. The van der Waals surface area contributed by atoms with Crippen molar-refractivity contribution in [2.45, 2.75) is 78.0 Å². The van der Waals surface area contributed by atoms with Crippen LogP contribution in [0.1, 0.15) is 69.3 Å². The molecule has 4 aliphatic carbocycles. The van der Waals surface area contributed by atoms with Crippen LogP contribution < -0.4 is 20.3 Å². The van der Waals surface area contributed by atoms with Crippen molar-refractivity contribution in [3.8, 4) is 16.9 Å². The molecule has 1 heterocycles. The third-order valence-corrected chi connectivity index (χ3v) is 12.6. The molecule has 288 valence electrons. The Morgan fingerprint density at radius 3 is 2.57 bits per heavy atom.